The first-order valence-electron chi connectivity index (χ1n) is 9.80. The second-order valence-corrected chi connectivity index (χ2v) is 9.68. The number of pyridine rings is 1. The lowest BCUT2D eigenvalue weighted by Crippen LogP contribution is -2.31. The van der Waals surface area contributed by atoms with Crippen molar-refractivity contribution in [3.05, 3.63) is 74.9 Å². The smallest absolute Gasteiger partial charge is 0.359 e. The van der Waals surface area contributed by atoms with Crippen LogP contribution in [0.15, 0.2) is 69.7 Å². The lowest BCUT2D eigenvalue weighted by Gasteiger charge is -2.20. The molecule has 0 spiro atoms. The zero-order chi connectivity index (χ0) is 22.1. The van der Waals surface area contributed by atoms with Gasteiger partial charge in [-0.3, -0.25) is 9.20 Å². The molecule has 0 N–H and O–H groups in total. The van der Waals surface area contributed by atoms with Gasteiger partial charge in [0, 0.05) is 17.5 Å². The third kappa shape index (κ3) is 3.85. The van der Waals surface area contributed by atoms with Crippen molar-refractivity contribution in [3.8, 4) is 0 Å². The van der Waals surface area contributed by atoms with Gasteiger partial charge < -0.3 is 4.74 Å². The number of nitrogens with zero attached hydrogens (tertiary/aromatic N) is 4. The van der Waals surface area contributed by atoms with Gasteiger partial charge in [0.05, 0.1) is 22.1 Å². The molecule has 10 heteroatoms. The lowest BCUT2D eigenvalue weighted by molar-refractivity contribution is -0.136. The lowest BCUT2D eigenvalue weighted by atomic mass is 10.1. The van der Waals surface area contributed by atoms with Crippen molar-refractivity contribution in [2.24, 2.45) is 5.10 Å². The molecule has 0 saturated heterocycles. The van der Waals surface area contributed by atoms with Gasteiger partial charge in [0.15, 0.2) is 17.5 Å². The number of thioether (sulfide) groups is 1. The molecule has 0 radical (unpaired) electrons. The van der Waals surface area contributed by atoms with E-state index < -0.39 is 12.6 Å². The minimum Gasteiger partial charge on any atom is -0.451 e. The molecule has 0 aromatic carbocycles. The Hall–Kier alpha value is -2.95. The SMILES string of the molecule is CSc1nc(C(=O)OCC(=O)N2N=C(c3cccs3)C[C@H]2c2cccs2)c2ccccn12. The zero-order valence-electron chi connectivity index (χ0n) is 17.0. The minimum absolute atomic E-state index is 0.196. The number of aromatic nitrogens is 2. The predicted molar refractivity (Wildman–Crippen MR) is 127 cm³/mol. The number of fused-ring (bicyclic) bond motifs is 1. The van der Waals surface area contributed by atoms with Gasteiger partial charge in [-0.2, -0.15) is 5.10 Å². The van der Waals surface area contributed by atoms with E-state index in [2.05, 4.69) is 10.1 Å². The highest BCUT2D eigenvalue weighted by Gasteiger charge is 2.34. The first kappa shape index (κ1) is 20.9. The molecule has 1 atom stereocenters. The number of imidazole rings is 1. The molecule has 5 heterocycles. The maximum Gasteiger partial charge on any atom is 0.359 e. The summed E-state index contributed by atoms with van der Waals surface area (Å²) >= 11 is 4.61. The van der Waals surface area contributed by atoms with E-state index in [0.29, 0.717) is 17.1 Å². The van der Waals surface area contributed by atoms with E-state index in [1.54, 1.807) is 28.7 Å². The van der Waals surface area contributed by atoms with Crippen LogP contribution in [-0.4, -0.2) is 44.8 Å². The number of rotatable bonds is 6. The summed E-state index contributed by atoms with van der Waals surface area (Å²) in [7, 11) is 0. The van der Waals surface area contributed by atoms with Crippen LogP contribution in [0.5, 0.6) is 0 Å². The van der Waals surface area contributed by atoms with Crippen LogP contribution in [0.1, 0.15) is 32.7 Å². The molecule has 1 aliphatic heterocycles. The van der Waals surface area contributed by atoms with E-state index in [1.165, 1.54) is 16.8 Å². The summed E-state index contributed by atoms with van der Waals surface area (Å²) in [5.74, 6) is -0.992. The van der Waals surface area contributed by atoms with Crippen LogP contribution >= 0.6 is 34.4 Å². The van der Waals surface area contributed by atoms with Crippen LogP contribution in [-0.2, 0) is 9.53 Å². The molecule has 162 valence electrons. The van der Waals surface area contributed by atoms with Gasteiger partial charge in [0.25, 0.3) is 5.91 Å². The second kappa shape index (κ2) is 8.89. The predicted octanol–water partition coefficient (Wildman–Crippen LogP) is 4.71. The number of hydrazone groups is 1. The molecule has 0 bridgehead atoms. The fourth-order valence-corrected chi connectivity index (χ4v) is 5.67. The Balaban J connectivity index is 1.35. The maximum atomic E-state index is 13.0. The monoisotopic (exact) mass is 482 g/mol. The van der Waals surface area contributed by atoms with E-state index in [9.17, 15) is 9.59 Å². The Kier molecular flexibility index (Phi) is 5.81. The van der Waals surface area contributed by atoms with Crippen molar-refractivity contribution in [2.45, 2.75) is 17.6 Å². The third-order valence-electron chi connectivity index (χ3n) is 5.06. The Bertz CT molecular complexity index is 1300. The van der Waals surface area contributed by atoms with Crippen molar-refractivity contribution in [2.75, 3.05) is 12.9 Å². The average Bonchev–Trinajstić information content (AvgIpc) is 3.61. The molecule has 1 aliphatic rings. The summed E-state index contributed by atoms with van der Waals surface area (Å²) in [4.78, 5) is 32.3. The summed E-state index contributed by atoms with van der Waals surface area (Å²) in [6.07, 6.45) is 4.36. The van der Waals surface area contributed by atoms with Gasteiger partial charge >= 0.3 is 5.97 Å². The number of ether oxygens (including phenoxy) is 1. The maximum absolute atomic E-state index is 13.0. The number of carbonyl (C=O) groups excluding carboxylic acids is 2. The first-order chi connectivity index (χ1) is 15.7. The Labute approximate surface area is 196 Å². The Morgan fingerprint density at radius 2 is 2.00 bits per heavy atom. The molecule has 7 nitrogen and oxygen atoms in total. The van der Waals surface area contributed by atoms with Gasteiger partial charge in [0.2, 0.25) is 0 Å². The number of thiophene rings is 2. The molecule has 4 aromatic rings. The molecule has 32 heavy (non-hydrogen) atoms. The summed E-state index contributed by atoms with van der Waals surface area (Å²) in [6.45, 7) is -0.400. The number of esters is 1. The van der Waals surface area contributed by atoms with Crippen LogP contribution in [0.4, 0.5) is 0 Å². The molecule has 0 fully saturated rings. The van der Waals surface area contributed by atoms with E-state index in [4.69, 9.17) is 4.74 Å². The zero-order valence-corrected chi connectivity index (χ0v) is 19.5. The number of hydrogen-bond acceptors (Lipinski definition) is 8. The van der Waals surface area contributed by atoms with E-state index >= 15 is 0 Å². The van der Waals surface area contributed by atoms with Crippen LogP contribution in [0, 0.1) is 0 Å². The topological polar surface area (TPSA) is 76.3 Å². The highest BCUT2D eigenvalue weighted by atomic mass is 32.2. The molecule has 0 saturated carbocycles. The summed E-state index contributed by atoms with van der Waals surface area (Å²) < 4.78 is 7.21. The molecule has 5 rings (SSSR count). The standard InChI is InChI=1S/C22H18N4O3S3/c1-30-22-23-20(15-6-2-3-9-25(15)22)21(28)29-13-19(27)26-16(18-8-5-11-32-18)12-14(24-26)17-7-4-10-31-17/h2-11,16H,12-13H2,1H3/t16-/m0/s1. The number of amides is 1. The average molecular weight is 483 g/mol. The molecule has 0 aliphatic carbocycles. The summed E-state index contributed by atoms with van der Waals surface area (Å²) in [6, 6.07) is 13.2. The number of hydrogen-bond donors (Lipinski definition) is 0. The highest BCUT2D eigenvalue weighted by Crippen LogP contribution is 2.36. The quantitative estimate of drug-likeness (QED) is 0.294. The van der Waals surface area contributed by atoms with Gasteiger partial charge in [0.1, 0.15) is 0 Å². The van der Waals surface area contributed by atoms with E-state index in [1.807, 2.05) is 64.0 Å². The minimum atomic E-state index is -0.628. The third-order valence-corrected chi connectivity index (χ3v) is 7.61. The van der Waals surface area contributed by atoms with Crippen molar-refractivity contribution in [3.63, 3.8) is 0 Å². The van der Waals surface area contributed by atoms with Crippen molar-refractivity contribution < 1.29 is 14.3 Å². The Morgan fingerprint density at radius 3 is 2.75 bits per heavy atom. The molecular weight excluding hydrogens is 464 g/mol. The molecule has 4 aromatic heterocycles. The van der Waals surface area contributed by atoms with Gasteiger partial charge in [-0.25, -0.2) is 14.8 Å². The van der Waals surface area contributed by atoms with Gasteiger partial charge in [-0.1, -0.05) is 30.0 Å². The van der Waals surface area contributed by atoms with Crippen LogP contribution < -0.4 is 0 Å². The largest absolute Gasteiger partial charge is 0.451 e. The summed E-state index contributed by atoms with van der Waals surface area (Å²) in [5.41, 5.74) is 1.70. The molecular formula is C22H18N4O3S3. The first-order valence-corrected chi connectivity index (χ1v) is 12.8. The Morgan fingerprint density at radius 1 is 1.16 bits per heavy atom. The van der Waals surface area contributed by atoms with E-state index in [-0.39, 0.29) is 17.6 Å². The van der Waals surface area contributed by atoms with Gasteiger partial charge in [-0.15, -0.1) is 22.7 Å². The second-order valence-electron chi connectivity index (χ2n) is 6.98. The van der Waals surface area contributed by atoms with Gasteiger partial charge in [-0.05, 0) is 41.3 Å². The highest BCUT2D eigenvalue weighted by molar-refractivity contribution is 7.98. The normalized spacial score (nSPS) is 15.8. The van der Waals surface area contributed by atoms with Crippen molar-refractivity contribution in [1.82, 2.24) is 14.4 Å². The fraction of sp³-hybridized carbons (Fsp3) is 0.182. The molecule has 1 amide bonds. The summed E-state index contributed by atoms with van der Waals surface area (Å²) in [5, 5.41) is 10.7. The van der Waals surface area contributed by atoms with Crippen molar-refractivity contribution >= 4 is 57.5 Å². The number of carbonyl (C=O) groups is 2. The fourth-order valence-electron chi connectivity index (χ4n) is 3.60. The van der Waals surface area contributed by atoms with Crippen LogP contribution in [0.2, 0.25) is 0 Å². The van der Waals surface area contributed by atoms with E-state index in [0.717, 1.165) is 15.5 Å². The van der Waals surface area contributed by atoms with Crippen LogP contribution in [0.3, 0.4) is 0 Å². The van der Waals surface area contributed by atoms with Crippen LogP contribution in [0.25, 0.3) is 5.52 Å². The van der Waals surface area contributed by atoms with Crippen molar-refractivity contribution in [1.29, 1.82) is 0 Å². The molecule has 0 unspecified atom stereocenters.